The third-order valence-electron chi connectivity index (χ3n) is 4.41. The van der Waals surface area contributed by atoms with E-state index in [1.54, 1.807) is 0 Å². The average molecular weight is 294 g/mol. The molecule has 1 saturated heterocycles. The van der Waals surface area contributed by atoms with E-state index in [1.807, 2.05) is 11.7 Å². The van der Waals surface area contributed by atoms with Gasteiger partial charge in [-0.3, -0.25) is 9.58 Å². The van der Waals surface area contributed by atoms with Crippen molar-refractivity contribution < 1.29 is 4.74 Å². The highest BCUT2D eigenvalue weighted by Crippen LogP contribution is 2.32. The Balaban J connectivity index is 2.28. The first-order chi connectivity index (χ1) is 9.84. The fourth-order valence-electron chi connectivity index (χ4n) is 3.19. The summed E-state index contributed by atoms with van der Waals surface area (Å²) in [6.45, 7) is 8.95. The molecule has 5 nitrogen and oxygen atoms in total. The standard InChI is InChI=1S/C16H30N4O/c1-16(2,3)15-13(11-19(4)18-15)14(10-17)20(5)12-6-8-21-9-7-12/h11-12,14H,6-10,17H2,1-5H3. The summed E-state index contributed by atoms with van der Waals surface area (Å²) >= 11 is 0. The van der Waals surface area contributed by atoms with Crippen molar-refractivity contribution in [1.82, 2.24) is 14.7 Å². The van der Waals surface area contributed by atoms with Crippen LogP contribution < -0.4 is 5.73 Å². The van der Waals surface area contributed by atoms with E-state index in [0.717, 1.165) is 31.7 Å². The van der Waals surface area contributed by atoms with Gasteiger partial charge in [0.2, 0.25) is 0 Å². The molecule has 0 bridgehead atoms. The average Bonchev–Trinajstić information content (AvgIpc) is 2.82. The highest BCUT2D eigenvalue weighted by atomic mass is 16.5. The van der Waals surface area contributed by atoms with Gasteiger partial charge in [0.25, 0.3) is 0 Å². The summed E-state index contributed by atoms with van der Waals surface area (Å²) in [4.78, 5) is 2.43. The van der Waals surface area contributed by atoms with Crippen molar-refractivity contribution in [3.05, 3.63) is 17.5 Å². The maximum atomic E-state index is 6.12. The number of hydrogen-bond acceptors (Lipinski definition) is 4. The van der Waals surface area contributed by atoms with Gasteiger partial charge in [-0.25, -0.2) is 0 Å². The summed E-state index contributed by atoms with van der Waals surface area (Å²) in [5.41, 5.74) is 8.57. The van der Waals surface area contributed by atoms with Gasteiger partial charge in [-0.05, 0) is 19.9 Å². The minimum Gasteiger partial charge on any atom is -0.381 e. The number of likely N-dealkylation sites (N-methyl/N-ethyl adjacent to an activating group) is 1. The topological polar surface area (TPSA) is 56.3 Å². The molecule has 1 unspecified atom stereocenters. The number of rotatable bonds is 4. The Bertz CT molecular complexity index is 457. The zero-order valence-corrected chi connectivity index (χ0v) is 14.1. The van der Waals surface area contributed by atoms with E-state index >= 15 is 0 Å². The van der Waals surface area contributed by atoms with Crippen LogP contribution in [0, 0.1) is 0 Å². The van der Waals surface area contributed by atoms with Gasteiger partial charge in [-0.2, -0.15) is 5.10 Å². The number of nitrogens with zero attached hydrogens (tertiary/aromatic N) is 3. The Kier molecular flexibility index (Phi) is 5.07. The smallest absolute Gasteiger partial charge is 0.0726 e. The van der Waals surface area contributed by atoms with Gasteiger partial charge in [-0.15, -0.1) is 0 Å². The van der Waals surface area contributed by atoms with Gasteiger partial charge >= 0.3 is 0 Å². The minimum atomic E-state index is 0.0283. The third kappa shape index (κ3) is 3.65. The lowest BCUT2D eigenvalue weighted by molar-refractivity contribution is 0.0291. The summed E-state index contributed by atoms with van der Waals surface area (Å²) in [5.74, 6) is 0. The predicted molar refractivity (Wildman–Crippen MR) is 85.3 cm³/mol. The number of nitrogens with two attached hydrogens (primary N) is 1. The number of aryl methyl sites for hydroxylation is 1. The molecule has 1 fully saturated rings. The lowest BCUT2D eigenvalue weighted by Gasteiger charge is -2.37. The molecular weight excluding hydrogens is 264 g/mol. The van der Waals surface area contributed by atoms with Crippen molar-refractivity contribution in [3.63, 3.8) is 0 Å². The number of aromatic nitrogens is 2. The number of ether oxygens (including phenoxy) is 1. The van der Waals surface area contributed by atoms with Gasteiger partial charge in [-0.1, -0.05) is 20.8 Å². The van der Waals surface area contributed by atoms with Crippen LogP contribution in [-0.2, 0) is 17.2 Å². The second-order valence-electron chi connectivity index (χ2n) is 7.12. The fraction of sp³-hybridized carbons (Fsp3) is 0.812. The van der Waals surface area contributed by atoms with Crippen molar-refractivity contribution in [3.8, 4) is 0 Å². The van der Waals surface area contributed by atoms with Crippen molar-refractivity contribution in [2.24, 2.45) is 12.8 Å². The molecule has 1 aliphatic rings. The van der Waals surface area contributed by atoms with Crippen molar-refractivity contribution >= 4 is 0 Å². The molecule has 120 valence electrons. The van der Waals surface area contributed by atoms with Crippen LogP contribution in [0.1, 0.15) is 50.9 Å². The van der Waals surface area contributed by atoms with E-state index < -0.39 is 0 Å². The maximum Gasteiger partial charge on any atom is 0.0726 e. The normalized spacial score (nSPS) is 19.2. The highest BCUT2D eigenvalue weighted by Gasteiger charge is 2.31. The summed E-state index contributed by atoms with van der Waals surface area (Å²) in [7, 11) is 4.17. The van der Waals surface area contributed by atoms with Gasteiger partial charge in [0, 0.05) is 50.0 Å². The largest absolute Gasteiger partial charge is 0.381 e. The lowest BCUT2D eigenvalue weighted by Crippen LogP contribution is -2.42. The third-order valence-corrected chi connectivity index (χ3v) is 4.41. The molecule has 1 aromatic heterocycles. The van der Waals surface area contributed by atoms with Crippen LogP contribution in [0.2, 0.25) is 0 Å². The Morgan fingerprint density at radius 3 is 2.57 bits per heavy atom. The summed E-state index contributed by atoms with van der Waals surface area (Å²) < 4.78 is 7.39. The second kappa shape index (κ2) is 6.46. The van der Waals surface area contributed by atoms with E-state index in [1.165, 1.54) is 5.56 Å². The van der Waals surface area contributed by atoms with Gasteiger partial charge in [0.1, 0.15) is 0 Å². The molecule has 1 aromatic rings. The molecule has 0 saturated carbocycles. The van der Waals surface area contributed by atoms with Crippen LogP contribution in [0.25, 0.3) is 0 Å². The Labute approximate surface area is 128 Å². The molecule has 0 amide bonds. The van der Waals surface area contributed by atoms with E-state index in [0.29, 0.717) is 12.6 Å². The van der Waals surface area contributed by atoms with Gasteiger partial charge < -0.3 is 10.5 Å². The first-order valence-electron chi connectivity index (χ1n) is 7.88. The van der Waals surface area contributed by atoms with Crippen molar-refractivity contribution in [2.75, 3.05) is 26.8 Å². The van der Waals surface area contributed by atoms with Crippen LogP contribution in [0.15, 0.2) is 6.20 Å². The molecule has 0 aliphatic carbocycles. The predicted octanol–water partition coefficient (Wildman–Crippen LogP) is 1.83. The molecule has 21 heavy (non-hydrogen) atoms. The molecule has 5 heteroatoms. The van der Waals surface area contributed by atoms with E-state index in [2.05, 4.69) is 44.0 Å². The van der Waals surface area contributed by atoms with Crippen LogP contribution in [-0.4, -0.2) is 47.5 Å². The first kappa shape index (κ1) is 16.5. The first-order valence-corrected chi connectivity index (χ1v) is 7.88. The van der Waals surface area contributed by atoms with Crippen molar-refractivity contribution in [1.29, 1.82) is 0 Å². The quantitative estimate of drug-likeness (QED) is 0.920. The number of hydrogen-bond donors (Lipinski definition) is 1. The Hall–Kier alpha value is -0.910. The molecule has 0 radical (unpaired) electrons. The van der Waals surface area contributed by atoms with Crippen LogP contribution in [0.4, 0.5) is 0 Å². The van der Waals surface area contributed by atoms with Crippen LogP contribution in [0.5, 0.6) is 0 Å². The SMILES string of the molecule is CN(C1CCOCC1)C(CN)c1cn(C)nc1C(C)(C)C. The monoisotopic (exact) mass is 294 g/mol. The van der Waals surface area contributed by atoms with E-state index in [9.17, 15) is 0 Å². The second-order valence-corrected chi connectivity index (χ2v) is 7.12. The van der Waals surface area contributed by atoms with Crippen LogP contribution >= 0.6 is 0 Å². The van der Waals surface area contributed by atoms with E-state index in [4.69, 9.17) is 10.5 Å². The molecule has 1 atom stereocenters. The van der Waals surface area contributed by atoms with Gasteiger partial charge in [0.05, 0.1) is 11.7 Å². The lowest BCUT2D eigenvalue weighted by atomic mass is 9.87. The van der Waals surface area contributed by atoms with Crippen LogP contribution in [0.3, 0.4) is 0 Å². The van der Waals surface area contributed by atoms with Gasteiger partial charge in [0.15, 0.2) is 0 Å². The zero-order chi connectivity index (χ0) is 15.6. The molecule has 2 heterocycles. The summed E-state index contributed by atoms with van der Waals surface area (Å²) in [6, 6.07) is 0.761. The fourth-order valence-corrected chi connectivity index (χ4v) is 3.19. The zero-order valence-electron chi connectivity index (χ0n) is 14.1. The molecule has 2 N–H and O–H groups in total. The maximum absolute atomic E-state index is 6.12. The highest BCUT2D eigenvalue weighted by molar-refractivity contribution is 5.28. The van der Waals surface area contributed by atoms with E-state index in [-0.39, 0.29) is 11.5 Å². The van der Waals surface area contributed by atoms with Crippen molar-refractivity contribution in [2.45, 2.75) is 51.1 Å². The Morgan fingerprint density at radius 1 is 1.43 bits per heavy atom. The molecule has 0 aromatic carbocycles. The minimum absolute atomic E-state index is 0.0283. The molecular formula is C16H30N4O. The Morgan fingerprint density at radius 2 is 2.05 bits per heavy atom. The molecule has 2 rings (SSSR count). The summed E-state index contributed by atoms with van der Waals surface area (Å²) in [6.07, 6.45) is 4.30. The molecule has 1 aliphatic heterocycles. The summed E-state index contributed by atoms with van der Waals surface area (Å²) in [5, 5.41) is 4.69. The molecule has 0 spiro atoms.